The number of aliphatic carboxylic acids is 1. The van der Waals surface area contributed by atoms with Crippen LogP contribution >= 0.6 is 15.9 Å². The topological polar surface area (TPSA) is 46.5 Å². The zero-order chi connectivity index (χ0) is 12.3. The highest BCUT2D eigenvalue weighted by atomic mass is 79.9. The van der Waals surface area contributed by atoms with Crippen molar-refractivity contribution in [3.8, 4) is 5.75 Å². The average molecular weight is 299 g/mol. The van der Waals surface area contributed by atoms with Crippen molar-refractivity contribution in [2.45, 2.75) is 12.8 Å². The van der Waals surface area contributed by atoms with Crippen LogP contribution in [0, 0.1) is 0 Å². The van der Waals surface area contributed by atoms with Crippen LogP contribution in [0.2, 0.25) is 0 Å². The number of hydrogen-bond donors (Lipinski definition) is 1. The van der Waals surface area contributed by atoms with E-state index in [1.54, 1.807) is 0 Å². The van der Waals surface area contributed by atoms with Crippen LogP contribution in [-0.4, -0.2) is 17.4 Å². The number of halogens is 4. The normalized spacial score (nSPS) is 11.2. The average Bonchev–Trinajstić information content (AvgIpc) is 2.06. The van der Waals surface area contributed by atoms with Crippen molar-refractivity contribution in [3.63, 3.8) is 0 Å². The summed E-state index contributed by atoms with van der Waals surface area (Å²) in [5, 5.41) is 8.51. The monoisotopic (exact) mass is 298 g/mol. The molecule has 0 atom stereocenters. The van der Waals surface area contributed by atoms with Crippen molar-refractivity contribution in [2.75, 3.05) is 0 Å². The lowest BCUT2D eigenvalue weighted by Gasteiger charge is -2.12. The van der Waals surface area contributed by atoms with Gasteiger partial charge in [-0.05, 0) is 12.1 Å². The Balaban J connectivity index is 3.03. The predicted molar refractivity (Wildman–Crippen MR) is 52.2 cm³/mol. The van der Waals surface area contributed by atoms with Crippen molar-refractivity contribution in [3.05, 3.63) is 28.2 Å². The van der Waals surface area contributed by atoms with E-state index in [4.69, 9.17) is 5.11 Å². The van der Waals surface area contributed by atoms with E-state index in [1.807, 2.05) is 0 Å². The largest absolute Gasteiger partial charge is 0.573 e. The summed E-state index contributed by atoms with van der Waals surface area (Å²) in [6, 6.07) is 3.78. The minimum Gasteiger partial charge on any atom is -0.481 e. The van der Waals surface area contributed by atoms with E-state index in [-0.39, 0.29) is 5.56 Å². The first-order chi connectivity index (χ1) is 7.28. The van der Waals surface area contributed by atoms with Crippen LogP contribution in [0.3, 0.4) is 0 Å². The summed E-state index contributed by atoms with van der Waals surface area (Å²) in [7, 11) is 0. The summed E-state index contributed by atoms with van der Waals surface area (Å²) in [6.45, 7) is 0. The van der Waals surface area contributed by atoms with Gasteiger partial charge in [-0.3, -0.25) is 4.79 Å². The van der Waals surface area contributed by atoms with E-state index in [1.165, 1.54) is 12.1 Å². The highest BCUT2D eigenvalue weighted by Crippen LogP contribution is 2.29. The van der Waals surface area contributed by atoms with Crippen molar-refractivity contribution < 1.29 is 27.8 Å². The van der Waals surface area contributed by atoms with Gasteiger partial charge >= 0.3 is 12.3 Å². The standard InChI is InChI=1S/C9H6BrF3O3/c10-6-2-1-5(3-8(14)15)7(4-6)16-9(11,12)13/h1-2,4H,3H2,(H,14,15). The van der Waals surface area contributed by atoms with Crippen molar-refractivity contribution >= 4 is 21.9 Å². The molecule has 0 radical (unpaired) electrons. The summed E-state index contributed by atoms with van der Waals surface area (Å²) in [5.41, 5.74) is -0.0342. The van der Waals surface area contributed by atoms with Gasteiger partial charge in [0.15, 0.2) is 0 Å². The molecule has 0 aliphatic carbocycles. The Bertz CT molecular complexity index is 403. The van der Waals surface area contributed by atoms with Crippen molar-refractivity contribution in [1.29, 1.82) is 0 Å². The van der Waals surface area contributed by atoms with Gasteiger partial charge in [0, 0.05) is 10.0 Å². The zero-order valence-corrected chi connectivity index (χ0v) is 9.30. The number of carbonyl (C=O) groups is 1. The SMILES string of the molecule is O=C(O)Cc1ccc(Br)cc1OC(F)(F)F. The maximum absolute atomic E-state index is 12.0. The maximum Gasteiger partial charge on any atom is 0.573 e. The predicted octanol–water partition coefficient (Wildman–Crippen LogP) is 2.97. The lowest BCUT2D eigenvalue weighted by atomic mass is 10.1. The summed E-state index contributed by atoms with van der Waals surface area (Å²) >= 11 is 2.98. The second-order valence-corrected chi connectivity index (χ2v) is 3.79. The second kappa shape index (κ2) is 4.73. The van der Waals surface area contributed by atoms with Crippen LogP contribution < -0.4 is 4.74 Å². The van der Waals surface area contributed by atoms with E-state index in [2.05, 4.69) is 20.7 Å². The van der Waals surface area contributed by atoms with Crippen LogP contribution in [0.1, 0.15) is 5.56 Å². The molecule has 0 unspecified atom stereocenters. The van der Waals surface area contributed by atoms with Gasteiger partial charge in [0.1, 0.15) is 5.75 Å². The van der Waals surface area contributed by atoms with Crippen LogP contribution in [0.4, 0.5) is 13.2 Å². The molecule has 0 saturated heterocycles. The molecule has 1 aromatic carbocycles. The van der Waals surface area contributed by atoms with E-state index in [9.17, 15) is 18.0 Å². The molecule has 0 saturated carbocycles. The Hall–Kier alpha value is -1.24. The van der Waals surface area contributed by atoms with Gasteiger partial charge in [-0.1, -0.05) is 22.0 Å². The minimum atomic E-state index is -4.84. The Morgan fingerprint density at radius 2 is 2.06 bits per heavy atom. The molecule has 3 nitrogen and oxygen atoms in total. The smallest absolute Gasteiger partial charge is 0.481 e. The fourth-order valence-electron chi connectivity index (χ4n) is 1.06. The van der Waals surface area contributed by atoms with Gasteiger partial charge in [-0.15, -0.1) is 13.2 Å². The molecule has 0 heterocycles. The molecule has 0 fully saturated rings. The molecule has 0 bridgehead atoms. The van der Waals surface area contributed by atoms with Gasteiger partial charge in [0.25, 0.3) is 0 Å². The third kappa shape index (κ3) is 4.09. The molecule has 16 heavy (non-hydrogen) atoms. The summed E-state index contributed by atoms with van der Waals surface area (Å²) in [4.78, 5) is 10.4. The van der Waals surface area contributed by atoms with E-state index in [0.717, 1.165) is 6.07 Å². The van der Waals surface area contributed by atoms with Gasteiger partial charge in [-0.25, -0.2) is 0 Å². The number of benzene rings is 1. The lowest BCUT2D eigenvalue weighted by Crippen LogP contribution is -2.18. The molecule has 0 aliphatic heterocycles. The molecule has 1 aromatic rings. The third-order valence-corrected chi connectivity index (χ3v) is 2.09. The number of rotatable bonds is 3. The first-order valence-electron chi connectivity index (χ1n) is 4.04. The van der Waals surface area contributed by atoms with E-state index in [0.29, 0.717) is 4.47 Å². The molecule has 0 amide bonds. The van der Waals surface area contributed by atoms with Crippen molar-refractivity contribution in [2.24, 2.45) is 0 Å². The highest BCUT2D eigenvalue weighted by molar-refractivity contribution is 9.10. The highest BCUT2D eigenvalue weighted by Gasteiger charge is 2.32. The fraction of sp³-hybridized carbons (Fsp3) is 0.222. The van der Waals surface area contributed by atoms with Crippen LogP contribution in [-0.2, 0) is 11.2 Å². The van der Waals surface area contributed by atoms with Gasteiger partial charge in [-0.2, -0.15) is 0 Å². The molecule has 7 heteroatoms. The number of carboxylic acids is 1. The first kappa shape index (κ1) is 12.8. The second-order valence-electron chi connectivity index (χ2n) is 2.87. The Labute approximate surface area is 97.0 Å². The Morgan fingerprint density at radius 3 is 2.56 bits per heavy atom. The Kier molecular flexibility index (Phi) is 3.79. The molecule has 0 spiro atoms. The molecule has 0 aromatic heterocycles. The quantitative estimate of drug-likeness (QED) is 0.933. The third-order valence-electron chi connectivity index (χ3n) is 1.60. The van der Waals surface area contributed by atoms with Gasteiger partial charge in [0.2, 0.25) is 0 Å². The Morgan fingerprint density at radius 1 is 1.44 bits per heavy atom. The number of ether oxygens (including phenoxy) is 1. The van der Waals surface area contributed by atoms with Crippen LogP contribution in [0.25, 0.3) is 0 Å². The van der Waals surface area contributed by atoms with E-state index < -0.39 is 24.5 Å². The van der Waals surface area contributed by atoms with Crippen molar-refractivity contribution in [1.82, 2.24) is 0 Å². The molecule has 1 N–H and O–H groups in total. The van der Waals surface area contributed by atoms with E-state index >= 15 is 0 Å². The number of carboxylic acid groups (broad SMARTS) is 1. The molecule has 0 aliphatic rings. The first-order valence-corrected chi connectivity index (χ1v) is 4.83. The fourth-order valence-corrected chi connectivity index (χ4v) is 1.40. The summed E-state index contributed by atoms with van der Waals surface area (Å²) in [6.07, 6.45) is -5.37. The number of hydrogen-bond acceptors (Lipinski definition) is 2. The molecular weight excluding hydrogens is 293 g/mol. The minimum absolute atomic E-state index is 0.0342. The zero-order valence-electron chi connectivity index (χ0n) is 7.71. The molecule has 88 valence electrons. The van der Waals surface area contributed by atoms with Gasteiger partial charge < -0.3 is 9.84 Å². The van der Waals surface area contributed by atoms with Crippen LogP contribution in [0.5, 0.6) is 5.75 Å². The molecular formula is C9H6BrF3O3. The number of alkyl halides is 3. The van der Waals surface area contributed by atoms with Crippen LogP contribution in [0.15, 0.2) is 22.7 Å². The lowest BCUT2D eigenvalue weighted by molar-refractivity contribution is -0.275. The van der Waals surface area contributed by atoms with Gasteiger partial charge in [0.05, 0.1) is 6.42 Å². The summed E-state index contributed by atoms with van der Waals surface area (Å²) < 4.78 is 40.1. The maximum atomic E-state index is 12.0. The molecule has 1 rings (SSSR count). The summed E-state index contributed by atoms with van der Waals surface area (Å²) in [5.74, 6) is -1.74.